The van der Waals surface area contributed by atoms with Crippen molar-refractivity contribution in [2.75, 3.05) is 33.6 Å². The van der Waals surface area contributed by atoms with E-state index < -0.39 is 5.69 Å². The molecule has 2 atom stereocenters. The van der Waals surface area contributed by atoms with E-state index in [1.165, 1.54) is 7.11 Å². The third-order valence-electron chi connectivity index (χ3n) is 1.71. The molecule has 0 rings (SSSR count). The molecule has 0 fully saturated rings. The van der Waals surface area contributed by atoms with Gasteiger partial charge in [-0.3, -0.25) is 4.99 Å². The van der Waals surface area contributed by atoms with E-state index in [0.717, 1.165) is 11.7 Å². The van der Waals surface area contributed by atoms with Gasteiger partial charge in [0.2, 0.25) is 5.69 Å². The molecule has 4 nitrogen and oxygen atoms in total. The van der Waals surface area contributed by atoms with Crippen molar-refractivity contribution < 1.29 is 13.8 Å². The molecular weight excluding hydrogens is 285 g/mol. The summed E-state index contributed by atoms with van der Waals surface area (Å²) in [6.07, 6.45) is 0. The zero-order valence-electron chi connectivity index (χ0n) is 9.87. The van der Waals surface area contributed by atoms with E-state index in [4.69, 9.17) is 25.6 Å². The highest BCUT2D eigenvalue weighted by Gasteiger charge is 2.13. The molecule has 0 N–H and O–H groups in total. The largest absolute Gasteiger partial charge is 0.484 e. The lowest BCUT2D eigenvalue weighted by molar-refractivity contribution is 0.313. The van der Waals surface area contributed by atoms with E-state index in [0.29, 0.717) is 6.61 Å². The molecule has 0 aliphatic rings. The lowest BCUT2D eigenvalue weighted by atomic mass is 10.5. The Hall–Kier alpha value is 0.740. The van der Waals surface area contributed by atoms with E-state index in [2.05, 4.69) is 17.2 Å². The second-order valence-corrected chi connectivity index (χ2v) is 9.61. The molecule has 0 aromatic heterocycles. The standard InChI is InChI=1S/C8H18NO3PS3/c1-7(8(9-2)10-3)16-6-5-12-13(14,15)11-4/h7H,5-6H2,1-4H3,(H,14,15). The number of hydrogen-bond donors (Lipinski definition) is 1. The predicted octanol–water partition coefficient (Wildman–Crippen LogP) is 2.60. The normalized spacial score (nSPS) is 17.9. The second kappa shape index (κ2) is 8.78. The molecule has 0 saturated heterocycles. The van der Waals surface area contributed by atoms with Gasteiger partial charge in [-0.05, 0) is 18.7 Å². The second-order valence-electron chi connectivity index (χ2n) is 2.76. The van der Waals surface area contributed by atoms with Gasteiger partial charge in [-0.15, -0.1) is 11.8 Å². The Morgan fingerprint density at radius 2 is 2.19 bits per heavy atom. The lowest BCUT2D eigenvalue weighted by Crippen LogP contribution is -2.16. The van der Waals surface area contributed by atoms with Crippen molar-refractivity contribution in [3.63, 3.8) is 0 Å². The third kappa shape index (κ3) is 7.14. The van der Waals surface area contributed by atoms with Crippen molar-refractivity contribution in [3.05, 3.63) is 0 Å². The molecule has 2 unspecified atom stereocenters. The third-order valence-corrected chi connectivity index (χ3v) is 5.39. The summed E-state index contributed by atoms with van der Waals surface area (Å²) in [6, 6.07) is 0. The van der Waals surface area contributed by atoms with E-state index >= 15 is 0 Å². The van der Waals surface area contributed by atoms with Crippen LogP contribution in [0.25, 0.3) is 0 Å². The van der Waals surface area contributed by atoms with E-state index in [1.807, 2.05) is 6.92 Å². The molecular formula is C8H18NO3PS3. The smallest absolute Gasteiger partial charge is 0.244 e. The first-order valence-electron chi connectivity index (χ1n) is 4.62. The molecule has 0 bridgehead atoms. The van der Waals surface area contributed by atoms with Crippen LogP contribution in [0.4, 0.5) is 0 Å². The zero-order chi connectivity index (χ0) is 12.6. The van der Waals surface area contributed by atoms with Gasteiger partial charge < -0.3 is 13.8 Å². The quantitative estimate of drug-likeness (QED) is 0.257. The van der Waals surface area contributed by atoms with Crippen molar-refractivity contribution in [2.45, 2.75) is 12.2 Å². The first-order valence-corrected chi connectivity index (χ1v) is 9.46. The van der Waals surface area contributed by atoms with Crippen LogP contribution in [0.3, 0.4) is 0 Å². The number of aliphatic imine (C=N–C) groups is 1. The van der Waals surface area contributed by atoms with Crippen LogP contribution in [-0.4, -0.2) is 44.8 Å². The summed E-state index contributed by atoms with van der Waals surface area (Å²) in [5.74, 6) is 1.52. The summed E-state index contributed by atoms with van der Waals surface area (Å²) in [6.45, 7) is 2.55. The molecule has 0 aromatic carbocycles. The lowest BCUT2D eigenvalue weighted by Gasteiger charge is -2.15. The minimum Gasteiger partial charge on any atom is -0.484 e. The molecule has 0 heterocycles. The molecule has 0 amide bonds. The van der Waals surface area contributed by atoms with Crippen molar-refractivity contribution in [1.82, 2.24) is 0 Å². The van der Waals surface area contributed by atoms with Gasteiger partial charge in [0.15, 0.2) is 5.90 Å². The van der Waals surface area contributed by atoms with Crippen molar-refractivity contribution in [2.24, 2.45) is 4.99 Å². The highest BCUT2D eigenvalue weighted by Crippen LogP contribution is 2.52. The molecule has 0 aliphatic heterocycles. The van der Waals surface area contributed by atoms with E-state index in [9.17, 15) is 0 Å². The Bertz CT molecular complexity index is 275. The summed E-state index contributed by atoms with van der Waals surface area (Å²) in [4.78, 5) is 4.03. The van der Waals surface area contributed by atoms with Crippen molar-refractivity contribution in [3.8, 4) is 0 Å². The van der Waals surface area contributed by atoms with Gasteiger partial charge in [0.25, 0.3) is 0 Å². The molecule has 0 spiro atoms. The highest BCUT2D eigenvalue weighted by atomic mass is 32.9. The van der Waals surface area contributed by atoms with Crippen LogP contribution in [0.15, 0.2) is 4.99 Å². The van der Waals surface area contributed by atoms with Crippen LogP contribution < -0.4 is 0 Å². The Morgan fingerprint density at radius 1 is 1.56 bits per heavy atom. The van der Waals surface area contributed by atoms with Crippen LogP contribution in [0.2, 0.25) is 0 Å². The molecule has 0 saturated carbocycles. The van der Waals surface area contributed by atoms with Crippen LogP contribution >= 0.6 is 29.7 Å². The monoisotopic (exact) mass is 303 g/mol. The number of thioether (sulfide) groups is 1. The molecule has 0 radical (unpaired) electrons. The first kappa shape index (κ1) is 16.7. The zero-order valence-corrected chi connectivity index (χ0v) is 13.3. The van der Waals surface area contributed by atoms with Gasteiger partial charge in [0.05, 0.1) is 19.0 Å². The SMILES string of the molecule is CN=C(OC)C(C)SCCOP(=S)(S)OC. The van der Waals surface area contributed by atoms with E-state index in [1.54, 1.807) is 25.9 Å². The fourth-order valence-corrected chi connectivity index (χ4v) is 2.84. The van der Waals surface area contributed by atoms with E-state index in [-0.39, 0.29) is 5.25 Å². The highest BCUT2D eigenvalue weighted by molar-refractivity contribution is 8.60. The van der Waals surface area contributed by atoms with Gasteiger partial charge in [-0.1, -0.05) is 12.2 Å². The first-order chi connectivity index (χ1) is 7.46. The number of hydrogen-bond acceptors (Lipinski definition) is 6. The molecule has 16 heavy (non-hydrogen) atoms. The maximum Gasteiger partial charge on any atom is 0.244 e. The topological polar surface area (TPSA) is 40.0 Å². The van der Waals surface area contributed by atoms with Crippen LogP contribution in [0, 0.1) is 0 Å². The summed E-state index contributed by atoms with van der Waals surface area (Å²) < 4.78 is 15.4. The van der Waals surface area contributed by atoms with Crippen LogP contribution in [0.5, 0.6) is 0 Å². The van der Waals surface area contributed by atoms with Gasteiger partial charge in [0, 0.05) is 19.9 Å². The Labute approximate surface area is 112 Å². The number of nitrogens with zero attached hydrogens (tertiary/aromatic N) is 1. The number of rotatable bonds is 7. The summed E-state index contributed by atoms with van der Waals surface area (Å²) in [5.41, 5.74) is -2.32. The van der Waals surface area contributed by atoms with Gasteiger partial charge in [-0.25, -0.2) is 0 Å². The molecule has 8 heteroatoms. The summed E-state index contributed by atoms with van der Waals surface area (Å²) in [7, 11) is 4.84. The van der Waals surface area contributed by atoms with Gasteiger partial charge in [-0.2, -0.15) is 0 Å². The Kier molecular flexibility index (Phi) is 9.18. The minimum atomic E-state index is -2.32. The van der Waals surface area contributed by atoms with Gasteiger partial charge >= 0.3 is 0 Å². The fraction of sp³-hybridized carbons (Fsp3) is 0.875. The van der Waals surface area contributed by atoms with Crippen LogP contribution in [-0.2, 0) is 25.6 Å². The molecule has 0 aromatic rings. The number of methoxy groups -OCH3 is 1. The minimum absolute atomic E-state index is 0.207. The average molecular weight is 303 g/mol. The van der Waals surface area contributed by atoms with Gasteiger partial charge in [0.1, 0.15) is 0 Å². The fourth-order valence-electron chi connectivity index (χ4n) is 0.941. The molecule has 96 valence electrons. The summed E-state index contributed by atoms with van der Waals surface area (Å²) >= 11 is 10.8. The van der Waals surface area contributed by atoms with Crippen LogP contribution in [0.1, 0.15) is 6.92 Å². The van der Waals surface area contributed by atoms with Crippen molar-refractivity contribution >= 4 is 47.4 Å². The summed E-state index contributed by atoms with van der Waals surface area (Å²) in [5, 5.41) is 0.207. The Balaban J connectivity index is 3.79. The average Bonchev–Trinajstić information content (AvgIpc) is 2.26. The predicted molar refractivity (Wildman–Crippen MR) is 78.5 cm³/mol. The maximum absolute atomic E-state index is 5.34. The van der Waals surface area contributed by atoms with Crippen molar-refractivity contribution in [1.29, 1.82) is 0 Å². The maximum atomic E-state index is 5.34. The number of thiol groups is 1. The Morgan fingerprint density at radius 3 is 2.62 bits per heavy atom. The number of ether oxygens (including phenoxy) is 1. The molecule has 0 aliphatic carbocycles.